The quantitative estimate of drug-likeness (QED) is 0.725. The van der Waals surface area contributed by atoms with E-state index in [-0.39, 0.29) is 0 Å². The topological polar surface area (TPSA) is 44.5 Å². The molecular weight excluding hydrogens is 254 g/mol. The molecule has 0 unspecified atom stereocenters. The third-order valence-corrected chi connectivity index (χ3v) is 3.14. The van der Waals surface area contributed by atoms with E-state index in [1.54, 1.807) is 14.2 Å². The van der Waals surface area contributed by atoms with Crippen LogP contribution in [-0.2, 0) is 0 Å². The van der Waals surface area contributed by atoms with Crippen LogP contribution in [-0.4, -0.2) is 19.2 Å². The van der Waals surface area contributed by atoms with Crippen molar-refractivity contribution in [1.29, 1.82) is 0 Å². The Kier molecular flexibility index (Phi) is 3.06. The number of oxazole rings is 1. The second-order valence-corrected chi connectivity index (χ2v) is 4.59. The standard InChI is InChI=1S/C16H15NO3/c1-10-4-5-14-15(6-10)20-16(17-14)11-7-12(18-2)9-13(8-11)19-3/h4-9H,1-3H3. The number of aryl methyl sites for hydroxylation is 1. The van der Waals surface area contributed by atoms with Gasteiger partial charge < -0.3 is 13.9 Å². The summed E-state index contributed by atoms with van der Waals surface area (Å²) in [7, 11) is 3.24. The SMILES string of the molecule is COc1cc(OC)cc(-c2nc3ccc(C)cc3o2)c1. The molecule has 1 aromatic heterocycles. The molecule has 0 aliphatic carbocycles. The van der Waals surface area contributed by atoms with E-state index in [0.717, 1.165) is 22.2 Å². The first-order valence-corrected chi connectivity index (χ1v) is 6.30. The first kappa shape index (κ1) is 12.5. The average molecular weight is 269 g/mol. The van der Waals surface area contributed by atoms with E-state index in [1.165, 1.54) is 0 Å². The van der Waals surface area contributed by atoms with Crippen LogP contribution in [0.2, 0.25) is 0 Å². The van der Waals surface area contributed by atoms with Crippen LogP contribution in [0.4, 0.5) is 0 Å². The van der Waals surface area contributed by atoms with E-state index < -0.39 is 0 Å². The number of methoxy groups -OCH3 is 2. The molecule has 0 N–H and O–H groups in total. The molecule has 0 aliphatic rings. The van der Waals surface area contributed by atoms with Gasteiger partial charge in [0.1, 0.15) is 17.0 Å². The maximum atomic E-state index is 5.81. The van der Waals surface area contributed by atoms with Gasteiger partial charge in [0.05, 0.1) is 14.2 Å². The Hall–Kier alpha value is -2.49. The summed E-state index contributed by atoms with van der Waals surface area (Å²) in [6.07, 6.45) is 0. The Morgan fingerprint density at radius 3 is 2.30 bits per heavy atom. The van der Waals surface area contributed by atoms with Gasteiger partial charge in [-0.3, -0.25) is 0 Å². The van der Waals surface area contributed by atoms with Crippen LogP contribution in [0.25, 0.3) is 22.6 Å². The van der Waals surface area contributed by atoms with Gasteiger partial charge in [-0.1, -0.05) is 6.07 Å². The van der Waals surface area contributed by atoms with Crippen LogP contribution in [0.3, 0.4) is 0 Å². The summed E-state index contributed by atoms with van der Waals surface area (Å²) in [5.41, 5.74) is 3.59. The van der Waals surface area contributed by atoms with Crippen molar-refractivity contribution in [2.24, 2.45) is 0 Å². The zero-order valence-corrected chi connectivity index (χ0v) is 11.6. The first-order valence-electron chi connectivity index (χ1n) is 6.30. The predicted octanol–water partition coefficient (Wildman–Crippen LogP) is 3.82. The van der Waals surface area contributed by atoms with Crippen LogP contribution in [0.1, 0.15) is 5.56 Å². The summed E-state index contributed by atoms with van der Waals surface area (Å²) in [5, 5.41) is 0. The van der Waals surface area contributed by atoms with Gasteiger partial charge in [-0.2, -0.15) is 0 Å². The second kappa shape index (κ2) is 4.89. The lowest BCUT2D eigenvalue weighted by molar-refractivity contribution is 0.394. The number of nitrogens with zero attached hydrogens (tertiary/aromatic N) is 1. The molecule has 0 spiro atoms. The van der Waals surface area contributed by atoms with Gasteiger partial charge in [0.2, 0.25) is 5.89 Å². The van der Waals surface area contributed by atoms with E-state index in [9.17, 15) is 0 Å². The summed E-state index contributed by atoms with van der Waals surface area (Å²) in [4.78, 5) is 4.50. The first-order chi connectivity index (χ1) is 9.69. The lowest BCUT2D eigenvalue weighted by Gasteiger charge is -2.05. The highest BCUT2D eigenvalue weighted by molar-refractivity contribution is 5.77. The molecule has 0 atom stereocenters. The molecule has 3 rings (SSSR count). The van der Waals surface area contributed by atoms with Gasteiger partial charge in [0, 0.05) is 11.6 Å². The molecular formula is C16H15NO3. The molecule has 0 amide bonds. The van der Waals surface area contributed by atoms with Gasteiger partial charge >= 0.3 is 0 Å². The third kappa shape index (κ3) is 2.20. The highest BCUT2D eigenvalue weighted by atomic mass is 16.5. The van der Waals surface area contributed by atoms with Crippen molar-refractivity contribution < 1.29 is 13.9 Å². The minimum Gasteiger partial charge on any atom is -0.497 e. The molecule has 4 nitrogen and oxygen atoms in total. The summed E-state index contributed by atoms with van der Waals surface area (Å²) in [6, 6.07) is 11.5. The number of aromatic nitrogens is 1. The largest absolute Gasteiger partial charge is 0.497 e. The predicted molar refractivity (Wildman–Crippen MR) is 77.3 cm³/mol. The van der Waals surface area contributed by atoms with Gasteiger partial charge in [-0.15, -0.1) is 0 Å². The number of rotatable bonds is 3. The van der Waals surface area contributed by atoms with E-state index >= 15 is 0 Å². The van der Waals surface area contributed by atoms with E-state index in [0.29, 0.717) is 17.4 Å². The number of ether oxygens (including phenoxy) is 2. The highest BCUT2D eigenvalue weighted by Crippen LogP contribution is 2.31. The molecule has 0 bridgehead atoms. The highest BCUT2D eigenvalue weighted by Gasteiger charge is 2.11. The normalized spacial score (nSPS) is 10.8. The van der Waals surface area contributed by atoms with Gasteiger partial charge in [-0.25, -0.2) is 4.98 Å². The number of benzene rings is 2. The van der Waals surface area contributed by atoms with E-state index in [4.69, 9.17) is 13.9 Å². The van der Waals surface area contributed by atoms with E-state index in [2.05, 4.69) is 4.98 Å². The maximum Gasteiger partial charge on any atom is 0.227 e. The molecule has 3 aromatic rings. The Bertz CT molecular complexity index is 739. The molecule has 102 valence electrons. The fraction of sp³-hybridized carbons (Fsp3) is 0.188. The van der Waals surface area contributed by atoms with Crippen LogP contribution < -0.4 is 9.47 Å². The fourth-order valence-corrected chi connectivity index (χ4v) is 2.09. The van der Waals surface area contributed by atoms with Crippen LogP contribution in [0.15, 0.2) is 40.8 Å². The maximum absolute atomic E-state index is 5.81. The number of fused-ring (bicyclic) bond motifs is 1. The summed E-state index contributed by atoms with van der Waals surface area (Å²) in [5.74, 6) is 1.97. The number of hydrogen-bond acceptors (Lipinski definition) is 4. The van der Waals surface area contributed by atoms with Crippen molar-refractivity contribution >= 4 is 11.1 Å². The molecule has 0 saturated carbocycles. The minimum atomic E-state index is 0.558. The zero-order chi connectivity index (χ0) is 14.1. The Morgan fingerprint density at radius 2 is 1.65 bits per heavy atom. The molecule has 0 radical (unpaired) electrons. The minimum absolute atomic E-state index is 0.558. The summed E-state index contributed by atoms with van der Waals surface area (Å²) >= 11 is 0. The second-order valence-electron chi connectivity index (χ2n) is 4.59. The Morgan fingerprint density at radius 1 is 0.950 bits per heavy atom. The van der Waals surface area contributed by atoms with Crippen LogP contribution in [0, 0.1) is 6.92 Å². The Labute approximate surface area is 117 Å². The molecule has 1 heterocycles. The van der Waals surface area contributed by atoms with Crippen molar-refractivity contribution in [2.75, 3.05) is 14.2 Å². The van der Waals surface area contributed by atoms with Crippen LogP contribution in [0.5, 0.6) is 11.5 Å². The molecule has 0 saturated heterocycles. The summed E-state index contributed by atoms with van der Waals surface area (Å²) in [6.45, 7) is 2.02. The zero-order valence-electron chi connectivity index (χ0n) is 11.6. The Balaban J connectivity index is 2.14. The van der Waals surface area contributed by atoms with Gasteiger partial charge in [0.15, 0.2) is 5.58 Å². The van der Waals surface area contributed by atoms with Crippen molar-refractivity contribution in [3.8, 4) is 23.0 Å². The van der Waals surface area contributed by atoms with Crippen molar-refractivity contribution in [3.63, 3.8) is 0 Å². The lowest BCUT2D eigenvalue weighted by Crippen LogP contribution is -1.88. The van der Waals surface area contributed by atoms with Gasteiger partial charge in [0.25, 0.3) is 0 Å². The summed E-state index contributed by atoms with van der Waals surface area (Å²) < 4.78 is 16.3. The van der Waals surface area contributed by atoms with Crippen molar-refractivity contribution in [3.05, 3.63) is 42.0 Å². The monoisotopic (exact) mass is 269 g/mol. The molecule has 20 heavy (non-hydrogen) atoms. The third-order valence-electron chi connectivity index (χ3n) is 3.14. The average Bonchev–Trinajstić information content (AvgIpc) is 2.89. The molecule has 2 aromatic carbocycles. The lowest BCUT2D eigenvalue weighted by atomic mass is 10.2. The molecule has 0 aliphatic heterocycles. The van der Waals surface area contributed by atoms with Crippen molar-refractivity contribution in [2.45, 2.75) is 6.92 Å². The van der Waals surface area contributed by atoms with Crippen molar-refractivity contribution in [1.82, 2.24) is 4.98 Å². The molecule has 0 fully saturated rings. The molecule has 4 heteroatoms. The van der Waals surface area contributed by atoms with Crippen LogP contribution >= 0.6 is 0 Å². The smallest absolute Gasteiger partial charge is 0.227 e. The van der Waals surface area contributed by atoms with Gasteiger partial charge in [-0.05, 0) is 36.8 Å². The fourth-order valence-electron chi connectivity index (χ4n) is 2.09. The number of hydrogen-bond donors (Lipinski definition) is 0. The van der Waals surface area contributed by atoms with E-state index in [1.807, 2.05) is 43.3 Å².